The highest BCUT2D eigenvalue weighted by Gasteiger charge is 2.40. The molecular formula is C25H21N3O4. The molecule has 1 atom stereocenters. The van der Waals surface area contributed by atoms with Crippen LogP contribution in [0.4, 0.5) is 0 Å². The number of benzene rings is 3. The Morgan fingerprint density at radius 2 is 1.81 bits per heavy atom. The topological polar surface area (TPSA) is 95.6 Å². The second-order valence-electron chi connectivity index (χ2n) is 8.10. The fraction of sp³-hybridized carbons (Fsp3) is 0.200. The lowest BCUT2D eigenvalue weighted by Gasteiger charge is -2.29. The number of nitrogens with zero attached hydrogens (tertiary/aromatic N) is 1. The normalized spacial score (nSPS) is 17.9. The van der Waals surface area contributed by atoms with E-state index >= 15 is 0 Å². The highest BCUT2D eigenvalue weighted by Crippen LogP contribution is 2.30. The molecule has 7 nitrogen and oxygen atoms in total. The first-order valence-corrected chi connectivity index (χ1v) is 10.5. The summed E-state index contributed by atoms with van der Waals surface area (Å²) in [5.41, 5.74) is 2.43. The number of fused-ring (bicyclic) bond motifs is 2. The fourth-order valence-corrected chi connectivity index (χ4v) is 4.42. The number of hydrogen-bond acceptors (Lipinski definition) is 4. The molecule has 1 fully saturated rings. The summed E-state index contributed by atoms with van der Waals surface area (Å²) >= 11 is 0. The number of piperidine rings is 1. The maximum Gasteiger partial charge on any atom is 0.255 e. The number of rotatable bonds is 4. The van der Waals surface area contributed by atoms with Gasteiger partial charge in [0.15, 0.2) is 0 Å². The zero-order valence-corrected chi connectivity index (χ0v) is 17.3. The van der Waals surface area contributed by atoms with Gasteiger partial charge >= 0.3 is 0 Å². The Bertz CT molecular complexity index is 1280. The summed E-state index contributed by atoms with van der Waals surface area (Å²) < 4.78 is 0. The summed E-state index contributed by atoms with van der Waals surface area (Å²) in [6, 6.07) is 18.4. The van der Waals surface area contributed by atoms with Crippen LogP contribution >= 0.6 is 0 Å². The molecule has 2 heterocycles. The molecule has 0 saturated carbocycles. The van der Waals surface area contributed by atoms with Gasteiger partial charge in [0.25, 0.3) is 11.8 Å². The van der Waals surface area contributed by atoms with Gasteiger partial charge in [0.2, 0.25) is 11.8 Å². The summed E-state index contributed by atoms with van der Waals surface area (Å²) in [5, 5.41) is 7.47. The molecule has 1 saturated heterocycles. The zero-order chi connectivity index (χ0) is 22.2. The summed E-state index contributed by atoms with van der Waals surface area (Å²) in [6.45, 7) is 0.526. The van der Waals surface area contributed by atoms with E-state index in [1.54, 1.807) is 18.2 Å². The molecule has 0 aliphatic carbocycles. The van der Waals surface area contributed by atoms with Crippen molar-refractivity contribution >= 4 is 34.4 Å². The van der Waals surface area contributed by atoms with Crippen molar-refractivity contribution in [1.29, 1.82) is 0 Å². The second kappa shape index (κ2) is 7.92. The van der Waals surface area contributed by atoms with Crippen LogP contribution in [0.1, 0.15) is 44.7 Å². The molecule has 2 aliphatic heterocycles. The smallest absolute Gasteiger partial charge is 0.255 e. The molecule has 3 aromatic carbocycles. The molecule has 0 aromatic heterocycles. The van der Waals surface area contributed by atoms with Crippen LogP contribution in [0.2, 0.25) is 0 Å². The first kappa shape index (κ1) is 19.9. The van der Waals surface area contributed by atoms with Gasteiger partial charge in [-0.05, 0) is 46.5 Å². The van der Waals surface area contributed by atoms with Crippen molar-refractivity contribution in [3.63, 3.8) is 0 Å². The van der Waals surface area contributed by atoms with Gasteiger partial charge in [-0.1, -0.05) is 42.5 Å². The number of nitrogens with one attached hydrogen (secondary N) is 2. The number of imide groups is 1. The minimum absolute atomic E-state index is 0.167. The van der Waals surface area contributed by atoms with Crippen molar-refractivity contribution in [1.82, 2.24) is 15.5 Å². The highest BCUT2D eigenvalue weighted by atomic mass is 16.2. The molecule has 7 heteroatoms. The molecule has 2 aliphatic rings. The maximum absolute atomic E-state index is 13.0. The van der Waals surface area contributed by atoms with Crippen LogP contribution in [0.3, 0.4) is 0 Å². The SMILES string of the molecule is O=C1CCC(N2Cc3c(C(=O)NCc4ccc5ccccc5c4)cccc3C2=O)C(=O)N1. The molecule has 5 rings (SSSR count). The van der Waals surface area contributed by atoms with E-state index in [2.05, 4.69) is 10.6 Å². The Labute approximate surface area is 184 Å². The molecule has 160 valence electrons. The molecular weight excluding hydrogens is 406 g/mol. The summed E-state index contributed by atoms with van der Waals surface area (Å²) in [7, 11) is 0. The monoisotopic (exact) mass is 427 g/mol. The molecule has 3 aromatic rings. The Kier molecular flexibility index (Phi) is 4.93. The third kappa shape index (κ3) is 3.51. The van der Waals surface area contributed by atoms with Crippen LogP contribution in [-0.4, -0.2) is 34.6 Å². The van der Waals surface area contributed by atoms with Crippen LogP contribution in [0, 0.1) is 0 Å². The molecule has 0 spiro atoms. The van der Waals surface area contributed by atoms with Crippen LogP contribution < -0.4 is 10.6 Å². The highest BCUT2D eigenvalue weighted by molar-refractivity contribution is 6.07. The van der Waals surface area contributed by atoms with Gasteiger partial charge in [-0.15, -0.1) is 0 Å². The predicted molar refractivity (Wildman–Crippen MR) is 118 cm³/mol. The van der Waals surface area contributed by atoms with E-state index in [1.807, 2.05) is 42.5 Å². The van der Waals surface area contributed by atoms with E-state index in [1.165, 1.54) is 4.90 Å². The average Bonchev–Trinajstić information content (AvgIpc) is 3.13. The number of carbonyl (C=O) groups is 4. The van der Waals surface area contributed by atoms with E-state index in [-0.39, 0.29) is 37.1 Å². The first-order chi connectivity index (χ1) is 15.5. The Balaban J connectivity index is 1.34. The first-order valence-electron chi connectivity index (χ1n) is 10.5. The van der Waals surface area contributed by atoms with Crippen molar-refractivity contribution in [2.45, 2.75) is 32.0 Å². The average molecular weight is 427 g/mol. The van der Waals surface area contributed by atoms with Crippen LogP contribution in [0.25, 0.3) is 10.8 Å². The van der Waals surface area contributed by atoms with Crippen molar-refractivity contribution in [2.24, 2.45) is 0 Å². The summed E-state index contributed by atoms with van der Waals surface area (Å²) in [5.74, 6) is -1.36. The molecule has 32 heavy (non-hydrogen) atoms. The number of amides is 4. The van der Waals surface area contributed by atoms with Gasteiger partial charge in [0, 0.05) is 30.6 Å². The molecule has 0 bridgehead atoms. The second-order valence-corrected chi connectivity index (χ2v) is 8.10. The van der Waals surface area contributed by atoms with Gasteiger partial charge in [0.05, 0.1) is 0 Å². The third-order valence-electron chi connectivity index (χ3n) is 6.09. The van der Waals surface area contributed by atoms with Crippen LogP contribution in [0.15, 0.2) is 60.7 Å². The minimum Gasteiger partial charge on any atom is -0.348 e. The molecule has 1 unspecified atom stereocenters. The zero-order valence-electron chi connectivity index (χ0n) is 17.3. The lowest BCUT2D eigenvalue weighted by molar-refractivity contribution is -0.136. The van der Waals surface area contributed by atoms with Crippen molar-refractivity contribution in [3.05, 3.63) is 82.9 Å². The largest absolute Gasteiger partial charge is 0.348 e. The van der Waals surface area contributed by atoms with E-state index in [4.69, 9.17) is 0 Å². The van der Waals surface area contributed by atoms with Crippen LogP contribution in [0.5, 0.6) is 0 Å². The van der Waals surface area contributed by atoms with Crippen molar-refractivity contribution in [2.75, 3.05) is 0 Å². The van der Waals surface area contributed by atoms with Gasteiger partial charge < -0.3 is 10.2 Å². The van der Waals surface area contributed by atoms with Crippen molar-refractivity contribution < 1.29 is 19.2 Å². The fourth-order valence-electron chi connectivity index (χ4n) is 4.42. The maximum atomic E-state index is 13.0. The quantitative estimate of drug-likeness (QED) is 0.626. The van der Waals surface area contributed by atoms with E-state index in [0.29, 0.717) is 23.2 Å². The molecule has 0 radical (unpaired) electrons. The number of carbonyl (C=O) groups excluding carboxylic acids is 4. The summed E-state index contributed by atoms with van der Waals surface area (Å²) in [6.07, 6.45) is 0.476. The Morgan fingerprint density at radius 3 is 2.62 bits per heavy atom. The van der Waals surface area contributed by atoms with Gasteiger partial charge in [-0.3, -0.25) is 24.5 Å². The number of hydrogen-bond donors (Lipinski definition) is 2. The lowest BCUT2D eigenvalue weighted by atomic mass is 10.0. The van der Waals surface area contributed by atoms with Crippen molar-refractivity contribution in [3.8, 4) is 0 Å². The minimum atomic E-state index is -0.707. The van der Waals surface area contributed by atoms with Gasteiger partial charge in [-0.2, -0.15) is 0 Å². The predicted octanol–water partition coefficient (Wildman–Crippen LogP) is 2.53. The summed E-state index contributed by atoms with van der Waals surface area (Å²) in [4.78, 5) is 51.1. The van der Waals surface area contributed by atoms with E-state index in [9.17, 15) is 19.2 Å². The van der Waals surface area contributed by atoms with E-state index < -0.39 is 11.9 Å². The standard InChI is InChI=1S/C25H21N3O4/c29-22-11-10-21(24(31)27-22)28-14-20-18(6-3-7-19(20)25(28)32)23(30)26-13-15-8-9-16-4-1-2-5-17(16)12-15/h1-9,12,21H,10-11,13-14H2,(H,26,30)(H,27,29,31). The Hall–Kier alpha value is -4.00. The Morgan fingerprint density at radius 1 is 1.00 bits per heavy atom. The van der Waals surface area contributed by atoms with Crippen LogP contribution in [-0.2, 0) is 22.7 Å². The molecule has 2 N–H and O–H groups in total. The van der Waals surface area contributed by atoms with Gasteiger partial charge in [0.1, 0.15) is 6.04 Å². The molecule has 4 amide bonds. The van der Waals surface area contributed by atoms with E-state index in [0.717, 1.165) is 16.3 Å². The lowest BCUT2D eigenvalue weighted by Crippen LogP contribution is -2.52. The third-order valence-corrected chi connectivity index (χ3v) is 6.09. The van der Waals surface area contributed by atoms with Gasteiger partial charge in [-0.25, -0.2) is 0 Å².